The van der Waals surface area contributed by atoms with Crippen molar-refractivity contribution in [2.45, 2.75) is 32.4 Å². The van der Waals surface area contributed by atoms with Gasteiger partial charge in [0.25, 0.3) is 5.91 Å². The molecule has 21 heavy (non-hydrogen) atoms. The van der Waals surface area contributed by atoms with Crippen LogP contribution in [-0.4, -0.2) is 40.5 Å². The number of hydrogen-bond donors (Lipinski definition) is 3. The normalized spacial score (nSPS) is 13.1. The number of aliphatic carboxylic acids is 1. The minimum atomic E-state index is -1.10. The van der Waals surface area contributed by atoms with Gasteiger partial charge in [0.05, 0.1) is 5.54 Å². The summed E-state index contributed by atoms with van der Waals surface area (Å²) >= 11 is 3.90. The molecule has 2 N–H and O–H groups in total. The largest absolute Gasteiger partial charge is 0.480 e. The molecule has 114 valence electrons. The lowest BCUT2D eigenvalue weighted by Crippen LogP contribution is -2.42. The molecule has 1 amide bonds. The second kappa shape index (κ2) is 7.26. The number of nitrogens with one attached hydrogen (secondary N) is 1. The molecule has 0 saturated heterocycles. The van der Waals surface area contributed by atoms with Crippen molar-refractivity contribution in [3.05, 3.63) is 35.4 Å². The van der Waals surface area contributed by atoms with E-state index in [-0.39, 0.29) is 11.3 Å². The van der Waals surface area contributed by atoms with E-state index >= 15 is 0 Å². The average Bonchev–Trinajstić information content (AvgIpc) is 2.41. The number of carbonyl (C=O) groups excluding carboxylic acids is 1. The van der Waals surface area contributed by atoms with Gasteiger partial charge in [-0.05, 0) is 38.5 Å². The second-order valence-electron chi connectivity index (χ2n) is 5.60. The number of aliphatic imine (C=N–C) groups is 1. The van der Waals surface area contributed by atoms with E-state index in [0.717, 1.165) is 5.56 Å². The molecule has 0 aliphatic carbocycles. The summed E-state index contributed by atoms with van der Waals surface area (Å²) in [4.78, 5) is 27.1. The van der Waals surface area contributed by atoms with Gasteiger partial charge in [0.15, 0.2) is 0 Å². The molecule has 6 heteroatoms. The number of rotatable bonds is 5. The first-order valence-corrected chi connectivity index (χ1v) is 7.16. The number of carbonyl (C=O) groups is 2. The van der Waals surface area contributed by atoms with Crippen LogP contribution in [0.15, 0.2) is 29.3 Å². The summed E-state index contributed by atoms with van der Waals surface area (Å²) in [6.45, 7) is 5.98. The van der Waals surface area contributed by atoms with Crippen molar-refractivity contribution >= 4 is 30.7 Å². The van der Waals surface area contributed by atoms with Crippen LogP contribution in [0, 0.1) is 0 Å². The molecule has 0 aliphatic heterocycles. The number of carboxylic acid groups (broad SMARTS) is 1. The maximum absolute atomic E-state index is 11.9. The fourth-order valence-corrected chi connectivity index (χ4v) is 1.66. The van der Waals surface area contributed by atoms with E-state index < -0.39 is 17.9 Å². The molecule has 1 rings (SSSR count). The number of thiol groups is 1. The summed E-state index contributed by atoms with van der Waals surface area (Å²) in [5, 5.41) is 11.3. The molecule has 0 aromatic heterocycles. The Morgan fingerprint density at radius 1 is 1.33 bits per heavy atom. The first kappa shape index (κ1) is 17.2. The van der Waals surface area contributed by atoms with Crippen LogP contribution in [-0.2, 0) is 4.79 Å². The molecule has 5 nitrogen and oxygen atoms in total. The molecule has 1 aromatic carbocycles. The molecular weight excluding hydrogens is 288 g/mol. The van der Waals surface area contributed by atoms with Crippen molar-refractivity contribution in [1.82, 2.24) is 5.32 Å². The highest BCUT2D eigenvalue weighted by Crippen LogP contribution is 2.08. The van der Waals surface area contributed by atoms with E-state index in [1.807, 2.05) is 20.8 Å². The molecule has 0 fully saturated rings. The maximum atomic E-state index is 11.9. The fourth-order valence-electron chi connectivity index (χ4n) is 1.42. The van der Waals surface area contributed by atoms with Gasteiger partial charge >= 0.3 is 5.97 Å². The third kappa shape index (κ3) is 5.99. The van der Waals surface area contributed by atoms with Gasteiger partial charge in [-0.1, -0.05) is 12.1 Å². The number of benzene rings is 1. The Morgan fingerprint density at radius 3 is 2.33 bits per heavy atom. The summed E-state index contributed by atoms with van der Waals surface area (Å²) in [6.07, 6.45) is 1.75. The van der Waals surface area contributed by atoms with E-state index in [2.05, 4.69) is 22.9 Å². The van der Waals surface area contributed by atoms with Crippen molar-refractivity contribution in [2.24, 2.45) is 4.99 Å². The van der Waals surface area contributed by atoms with Crippen molar-refractivity contribution in [3.8, 4) is 0 Å². The molecular formula is C15H20N2O3S. The van der Waals surface area contributed by atoms with Crippen molar-refractivity contribution in [3.63, 3.8) is 0 Å². The summed E-state index contributed by atoms with van der Waals surface area (Å²) in [7, 11) is 0. The lowest BCUT2D eigenvalue weighted by atomic mass is 10.1. The molecule has 1 atom stereocenters. The van der Waals surface area contributed by atoms with Crippen LogP contribution in [0.2, 0.25) is 0 Å². The Kier molecular flexibility index (Phi) is 5.96. The number of hydrogen-bond acceptors (Lipinski definition) is 4. The van der Waals surface area contributed by atoms with Crippen molar-refractivity contribution in [2.75, 3.05) is 5.75 Å². The standard InChI is InChI=1S/C15H20N2O3S/c1-15(2,3)16-8-10-4-6-11(7-5-10)13(18)17-12(9-21)14(19)20/h4-8,12,21H,9H2,1-3H3,(H,17,18)(H,19,20). The van der Waals surface area contributed by atoms with Gasteiger partial charge in [0.2, 0.25) is 0 Å². The van der Waals surface area contributed by atoms with Gasteiger partial charge in [0.1, 0.15) is 6.04 Å². The minimum absolute atomic E-state index is 0.0391. The molecule has 1 unspecified atom stereocenters. The first-order chi connectivity index (χ1) is 9.73. The highest BCUT2D eigenvalue weighted by atomic mass is 32.1. The van der Waals surface area contributed by atoms with Crippen LogP contribution in [0.5, 0.6) is 0 Å². The topological polar surface area (TPSA) is 78.8 Å². The lowest BCUT2D eigenvalue weighted by molar-refractivity contribution is -0.138. The van der Waals surface area contributed by atoms with Gasteiger partial charge in [-0.25, -0.2) is 4.79 Å². The van der Waals surface area contributed by atoms with E-state index in [0.29, 0.717) is 5.56 Å². The van der Waals surface area contributed by atoms with Crippen LogP contribution < -0.4 is 5.32 Å². The van der Waals surface area contributed by atoms with Crippen LogP contribution in [0.1, 0.15) is 36.7 Å². The van der Waals surface area contributed by atoms with Crippen molar-refractivity contribution < 1.29 is 14.7 Å². The molecule has 0 spiro atoms. The smallest absolute Gasteiger partial charge is 0.327 e. The van der Waals surface area contributed by atoms with E-state index in [1.165, 1.54) is 0 Å². The summed E-state index contributed by atoms with van der Waals surface area (Å²) < 4.78 is 0. The molecule has 0 radical (unpaired) electrons. The third-order valence-corrected chi connectivity index (χ3v) is 2.92. The SMILES string of the molecule is CC(C)(C)N=Cc1ccc(C(=O)NC(CS)C(=O)O)cc1. The quantitative estimate of drug-likeness (QED) is 0.575. The highest BCUT2D eigenvalue weighted by Gasteiger charge is 2.18. The van der Waals surface area contributed by atoms with Gasteiger partial charge in [-0.2, -0.15) is 12.6 Å². The Balaban J connectivity index is 2.76. The Hall–Kier alpha value is -1.82. The van der Waals surface area contributed by atoms with Crippen molar-refractivity contribution in [1.29, 1.82) is 0 Å². The number of amides is 1. The lowest BCUT2D eigenvalue weighted by Gasteiger charge is -2.12. The van der Waals surface area contributed by atoms with Gasteiger partial charge in [-0.15, -0.1) is 0 Å². The molecule has 0 aliphatic rings. The van der Waals surface area contributed by atoms with E-state index in [4.69, 9.17) is 5.11 Å². The third-order valence-electron chi connectivity index (χ3n) is 2.56. The maximum Gasteiger partial charge on any atom is 0.327 e. The zero-order valence-corrected chi connectivity index (χ0v) is 13.2. The highest BCUT2D eigenvalue weighted by molar-refractivity contribution is 7.80. The van der Waals surface area contributed by atoms with Crippen LogP contribution in [0.3, 0.4) is 0 Å². The molecule has 0 bridgehead atoms. The van der Waals surface area contributed by atoms with Crippen LogP contribution in [0.4, 0.5) is 0 Å². The van der Waals surface area contributed by atoms with E-state index in [1.54, 1.807) is 30.5 Å². The summed E-state index contributed by atoms with van der Waals surface area (Å²) in [6, 6.07) is 5.80. The van der Waals surface area contributed by atoms with Gasteiger partial charge in [0, 0.05) is 17.5 Å². The predicted octanol–water partition coefficient (Wildman–Crippen LogP) is 2.02. The summed E-state index contributed by atoms with van der Waals surface area (Å²) in [5.41, 5.74) is 1.12. The zero-order valence-electron chi connectivity index (χ0n) is 12.3. The van der Waals surface area contributed by atoms with E-state index in [9.17, 15) is 9.59 Å². The second-order valence-corrected chi connectivity index (χ2v) is 5.96. The van der Waals surface area contributed by atoms with Crippen LogP contribution >= 0.6 is 12.6 Å². The van der Waals surface area contributed by atoms with Gasteiger partial charge in [-0.3, -0.25) is 9.79 Å². The monoisotopic (exact) mass is 308 g/mol. The Morgan fingerprint density at radius 2 is 1.90 bits per heavy atom. The first-order valence-electron chi connectivity index (χ1n) is 6.53. The minimum Gasteiger partial charge on any atom is -0.480 e. The van der Waals surface area contributed by atoms with Gasteiger partial charge < -0.3 is 10.4 Å². The predicted molar refractivity (Wildman–Crippen MR) is 86.5 cm³/mol. The molecule has 0 heterocycles. The number of carboxylic acids is 1. The zero-order chi connectivity index (χ0) is 16.0. The van der Waals surface area contributed by atoms with Crippen LogP contribution in [0.25, 0.3) is 0 Å². The Labute approximate surface area is 129 Å². The molecule has 0 saturated carbocycles. The Bertz CT molecular complexity index is 533. The number of nitrogens with zero attached hydrogens (tertiary/aromatic N) is 1. The molecule has 1 aromatic rings. The summed E-state index contributed by atoms with van der Waals surface area (Å²) in [5.74, 6) is -1.50. The fraction of sp³-hybridized carbons (Fsp3) is 0.400. The average molecular weight is 308 g/mol.